The van der Waals surface area contributed by atoms with E-state index in [1.54, 1.807) is 10.6 Å². The van der Waals surface area contributed by atoms with Crippen molar-refractivity contribution in [3.8, 4) is 22.9 Å². The van der Waals surface area contributed by atoms with E-state index in [0.717, 1.165) is 12.0 Å². The first-order valence-corrected chi connectivity index (χ1v) is 7.31. The number of nitrogens with two attached hydrogens (primary N) is 1. The summed E-state index contributed by atoms with van der Waals surface area (Å²) >= 11 is 3.55. The second-order valence-corrected chi connectivity index (χ2v) is 6.25. The molecule has 0 saturated carbocycles. The number of benzene rings is 1. The zero-order valence-corrected chi connectivity index (χ0v) is 12.5. The Morgan fingerprint density at radius 1 is 1.38 bits per heavy atom. The fourth-order valence-electron chi connectivity index (χ4n) is 2.57. The number of carbonyl (C=O) groups is 1. The third-order valence-electron chi connectivity index (χ3n) is 3.49. The first-order valence-electron chi connectivity index (χ1n) is 6.39. The monoisotopic (exact) mass is 352 g/mol. The number of amides is 1. The smallest absolute Gasteiger partial charge is 0.286 e. The van der Waals surface area contributed by atoms with Crippen LogP contribution in [0.3, 0.4) is 0 Å². The van der Waals surface area contributed by atoms with E-state index >= 15 is 0 Å². The van der Waals surface area contributed by atoms with E-state index in [9.17, 15) is 15.0 Å². The largest absolute Gasteiger partial charge is 0.508 e. The summed E-state index contributed by atoms with van der Waals surface area (Å²) in [5.74, 6) is -0.356. The van der Waals surface area contributed by atoms with Crippen molar-refractivity contribution < 1.29 is 15.0 Å². The average Bonchev–Trinajstić information content (AvgIpc) is 2.77. The number of aromatic hydroxyl groups is 2. The summed E-state index contributed by atoms with van der Waals surface area (Å²) in [6.45, 7) is 0.473. The Hall–Kier alpha value is -2.09. The molecule has 1 aromatic heterocycles. The van der Waals surface area contributed by atoms with E-state index in [4.69, 9.17) is 5.73 Å². The molecule has 0 fully saturated rings. The number of nitrogens with zero attached hydrogens (tertiary/aromatic N) is 3. The SMILES string of the molecule is NC(=O)c1nnc2n1CC(Br)CCc1cc(O)cc(O)c1-2. The molecule has 0 bridgehead atoms. The third kappa shape index (κ3) is 2.35. The van der Waals surface area contributed by atoms with Gasteiger partial charge in [0.15, 0.2) is 5.82 Å². The maximum atomic E-state index is 11.5. The average molecular weight is 353 g/mol. The molecule has 7 nitrogen and oxygen atoms in total. The fourth-order valence-corrected chi connectivity index (χ4v) is 3.09. The van der Waals surface area contributed by atoms with Crippen molar-refractivity contribution >= 4 is 21.8 Å². The number of phenols is 2. The van der Waals surface area contributed by atoms with Gasteiger partial charge in [0.05, 0.1) is 5.56 Å². The summed E-state index contributed by atoms with van der Waals surface area (Å²) in [6, 6.07) is 2.83. The number of carbonyl (C=O) groups excluding carboxylic acids is 1. The first kappa shape index (κ1) is 13.9. The van der Waals surface area contributed by atoms with Crippen LogP contribution in [0.4, 0.5) is 0 Å². The van der Waals surface area contributed by atoms with Gasteiger partial charge < -0.3 is 20.5 Å². The second kappa shape index (κ2) is 5.03. The van der Waals surface area contributed by atoms with Crippen molar-refractivity contribution in [2.75, 3.05) is 0 Å². The third-order valence-corrected chi connectivity index (χ3v) is 4.23. The summed E-state index contributed by atoms with van der Waals surface area (Å²) in [7, 11) is 0. The number of hydrogen-bond acceptors (Lipinski definition) is 5. The molecule has 0 spiro atoms. The number of aromatic nitrogens is 3. The lowest BCUT2D eigenvalue weighted by Gasteiger charge is -2.20. The van der Waals surface area contributed by atoms with Crippen LogP contribution in [0, 0.1) is 0 Å². The molecule has 110 valence electrons. The molecule has 1 amide bonds. The van der Waals surface area contributed by atoms with E-state index < -0.39 is 5.91 Å². The van der Waals surface area contributed by atoms with Gasteiger partial charge in [-0.1, -0.05) is 15.9 Å². The molecular weight excluding hydrogens is 340 g/mol. The molecule has 3 rings (SSSR count). The maximum Gasteiger partial charge on any atom is 0.286 e. The van der Waals surface area contributed by atoms with Crippen molar-refractivity contribution in [1.29, 1.82) is 0 Å². The number of alkyl halides is 1. The zero-order chi connectivity index (χ0) is 15.1. The predicted molar refractivity (Wildman–Crippen MR) is 78.3 cm³/mol. The van der Waals surface area contributed by atoms with Gasteiger partial charge in [0.1, 0.15) is 11.5 Å². The standard InChI is InChI=1S/C13H13BrN4O3/c14-7-2-1-6-3-8(19)4-9(20)10(6)12-16-17-13(11(15)21)18(12)5-7/h3-4,7,19-20H,1-2,5H2,(H2,15,21). The van der Waals surface area contributed by atoms with Crippen LogP contribution in [-0.4, -0.2) is 35.7 Å². The summed E-state index contributed by atoms with van der Waals surface area (Å²) in [5, 5.41) is 27.6. The maximum absolute atomic E-state index is 11.5. The lowest BCUT2D eigenvalue weighted by atomic mass is 9.98. The summed E-state index contributed by atoms with van der Waals surface area (Å²) in [5.41, 5.74) is 6.55. The van der Waals surface area contributed by atoms with Crippen LogP contribution in [0.2, 0.25) is 0 Å². The minimum Gasteiger partial charge on any atom is -0.508 e. The molecule has 8 heteroatoms. The minimum atomic E-state index is -0.672. The van der Waals surface area contributed by atoms with Crippen LogP contribution in [0.25, 0.3) is 11.4 Å². The Balaban J connectivity index is 2.28. The lowest BCUT2D eigenvalue weighted by molar-refractivity contribution is 0.0986. The number of fused-ring (bicyclic) bond motifs is 3. The van der Waals surface area contributed by atoms with Crippen LogP contribution in [0.15, 0.2) is 12.1 Å². The number of hydrogen-bond donors (Lipinski definition) is 3. The summed E-state index contributed by atoms with van der Waals surface area (Å²) in [6.07, 6.45) is 1.43. The van der Waals surface area contributed by atoms with Crippen molar-refractivity contribution in [2.24, 2.45) is 5.73 Å². The first-order chi connectivity index (χ1) is 9.97. The van der Waals surface area contributed by atoms with Crippen molar-refractivity contribution in [2.45, 2.75) is 24.2 Å². The molecule has 1 unspecified atom stereocenters. The van der Waals surface area contributed by atoms with Crippen molar-refractivity contribution in [3.05, 3.63) is 23.5 Å². The normalized spacial score (nSPS) is 17.5. The molecule has 0 saturated heterocycles. The number of halogens is 1. The minimum absolute atomic E-state index is 0.0147. The fraction of sp³-hybridized carbons (Fsp3) is 0.308. The Bertz CT molecular complexity index is 728. The molecule has 1 aliphatic rings. The van der Waals surface area contributed by atoms with E-state index in [1.807, 2.05) is 0 Å². The Kier molecular flexibility index (Phi) is 3.32. The van der Waals surface area contributed by atoms with Gasteiger partial charge in [-0.05, 0) is 24.5 Å². The van der Waals surface area contributed by atoms with Crippen molar-refractivity contribution in [1.82, 2.24) is 14.8 Å². The molecule has 1 atom stereocenters. The van der Waals surface area contributed by atoms with E-state index in [-0.39, 0.29) is 22.2 Å². The van der Waals surface area contributed by atoms with Crippen LogP contribution >= 0.6 is 15.9 Å². The molecule has 1 aromatic carbocycles. The second-order valence-electron chi connectivity index (χ2n) is 4.96. The molecule has 2 aromatic rings. The molecule has 21 heavy (non-hydrogen) atoms. The number of primary amides is 1. The van der Waals surface area contributed by atoms with Crippen LogP contribution in [0.1, 0.15) is 22.6 Å². The molecular formula is C13H13BrN4O3. The van der Waals surface area contributed by atoms with Gasteiger partial charge in [0.2, 0.25) is 5.82 Å². The van der Waals surface area contributed by atoms with Crippen LogP contribution < -0.4 is 5.73 Å². The molecule has 4 N–H and O–H groups in total. The predicted octanol–water partition coefficient (Wildman–Crippen LogP) is 1.16. The van der Waals surface area contributed by atoms with Gasteiger partial charge in [0, 0.05) is 17.4 Å². The Morgan fingerprint density at radius 2 is 2.14 bits per heavy atom. The summed E-state index contributed by atoms with van der Waals surface area (Å²) < 4.78 is 1.59. The van der Waals surface area contributed by atoms with Gasteiger partial charge >= 0.3 is 0 Å². The zero-order valence-electron chi connectivity index (χ0n) is 11.0. The van der Waals surface area contributed by atoms with Gasteiger partial charge in [-0.25, -0.2) is 0 Å². The van der Waals surface area contributed by atoms with Gasteiger partial charge in [-0.2, -0.15) is 0 Å². The molecule has 0 aliphatic carbocycles. The van der Waals surface area contributed by atoms with E-state index in [2.05, 4.69) is 26.1 Å². The van der Waals surface area contributed by atoms with Crippen LogP contribution in [0.5, 0.6) is 11.5 Å². The molecule has 2 heterocycles. The number of aryl methyl sites for hydroxylation is 1. The Morgan fingerprint density at radius 3 is 2.86 bits per heavy atom. The quantitative estimate of drug-likeness (QED) is 0.666. The van der Waals surface area contributed by atoms with Crippen molar-refractivity contribution in [3.63, 3.8) is 0 Å². The highest BCUT2D eigenvalue weighted by molar-refractivity contribution is 9.09. The summed E-state index contributed by atoms with van der Waals surface area (Å²) in [4.78, 5) is 11.6. The highest BCUT2D eigenvalue weighted by atomic mass is 79.9. The lowest BCUT2D eigenvalue weighted by Crippen LogP contribution is -2.23. The van der Waals surface area contributed by atoms with Gasteiger partial charge in [-0.3, -0.25) is 4.79 Å². The highest BCUT2D eigenvalue weighted by Gasteiger charge is 2.26. The Labute approximate surface area is 128 Å². The van der Waals surface area contributed by atoms with Gasteiger partial charge in [-0.15, -0.1) is 10.2 Å². The molecule has 0 radical (unpaired) electrons. The van der Waals surface area contributed by atoms with Gasteiger partial charge in [0.25, 0.3) is 5.91 Å². The van der Waals surface area contributed by atoms with E-state index in [1.165, 1.54) is 6.07 Å². The molecule has 1 aliphatic heterocycles. The number of rotatable bonds is 1. The highest BCUT2D eigenvalue weighted by Crippen LogP contribution is 2.38. The van der Waals surface area contributed by atoms with Crippen LogP contribution in [-0.2, 0) is 13.0 Å². The van der Waals surface area contributed by atoms with E-state index in [0.29, 0.717) is 24.4 Å². The topological polar surface area (TPSA) is 114 Å². The number of phenolic OH excluding ortho intramolecular Hbond substituents is 2.